The van der Waals surface area contributed by atoms with Gasteiger partial charge in [0.05, 0.1) is 6.10 Å². The summed E-state index contributed by atoms with van der Waals surface area (Å²) in [5, 5.41) is 2.63. The smallest absolute Gasteiger partial charge is 0.207 e. The molecule has 0 bridgehead atoms. The van der Waals surface area contributed by atoms with Crippen LogP contribution >= 0.6 is 0 Å². The van der Waals surface area contributed by atoms with Crippen LogP contribution in [0.25, 0.3) is 0 Å². The highest BCUT2D eigenvalue weighted by Gasteiger charge is 1.92. The van der Waals surface area contributed by atoms with Crippen molar-refractivity contribution in [2.45, 2.75) is 39.2 Å². The van der Waals surface area contributed by atoms with Crippen molar-refractivity contribution in [3.8, 4) is 0 Å². The van der Waals surface area contributed by atoms with E-state index < -0.39 is 0 Å². The van der Waals surface area contributed by atoms with Gasteiger partial charge in [-0.1, -0.05) is 0 Å². The maximum atomic E-state index is 9.85. The van der Waals surface area contributed by atoms with E-state index in [2.05, 4.69) is 5.32 Å². The zero-order chi connectivity index (χ0) is 9.23. The molecule has 72 valence electrons. The average molecular weight is 173 g/mol. The third-order valence-electron chi connectivity index (χ3n) is 1.50. The number of carbonyl (C=O) groups is 1. The fourth-order valence-electron chi connectivity index (χ4n) is 0.884. The van der Waals surface area contributed by atoms with E-state index in [0.717, 1.165) is 38.8 Å². The van der Waals surface area contributed by atoms with Gasteiger partial charge in [-0.25, -0.2) is 0 Å². The summed E-state index contributed by atoms with van der Waals surface area (Å²) in [7, 11) is 0. The highest BCUT2D eigenvalue weighted by molar-refractivity contribution is 5.45. The number of rotatable bonds is 8. The van der Waals surface area contributed by atoms with E-state index in [1.165, 1.54) is 0 Å². The van der Waals surface area contributed by atoms with Crippen LogP contribution in [-0.4, -0.2) is 25.7 Å². The van der Waals surface area contributed by atoms with Crippen molar-refractivity contribution in [2.75, 3.05) is 13.2 Å². The fraction of sp³-hybridized carbons (Fsp3) is 0.889. The van der Waals surface area contributed by atoms with Crippen LogP contribution in [-0.2, 0) is 9.53 Å². The van der Waals surface area contributed by atoms with Crippen molar-refractivity contribution < 1.29 is 9.53 Å². The van der Waals surface area contributed by atoms with Gasteiger partial charge < -0.3 is 10.1 Å². The number of hydrogen-bond acceptors (Lipinski definition) is 2. The van der Waals surface area contributed by atoms with Crippen LogP contribution in [0.4, 0.5) is 0 Å². The molecular weight excluding hydrogens is 154 g/mol. The molecule has 0 heterocycles. The summed E-state index contributed by atoms with van der Waals surface area (Å²) in [4.78, 5) is 9.85. The summed E-state index contributed by atoms with van der Waals surface area (Å²) in [5.41, 5.74) is 0. The van der Waals surface area contributed by atoms with Gasteiger partial charge in [0.1, 0.15) is 0 Å². The maximum Gasteiger partial charge on any atom is 0.207 e. The molecule has 0 radical (unpaired) electrons. The second-order valence-electron chi connectivity index (χ2n) is 3.05. The number of unbranched alkanes of at least 4 members (excludes halogenated alkanes) is 2. The fourth-order valence-corrected chi connectivity index (χ4v) is 0.884. The number of nitrogens with one attached hydrogen (secondary N) is 1. The standard InChI is InChI=1S/C9H19NO2/c1-9(2)12-7-5-3-4-6-10-8-11/h8-9H,3-7H2,1-2H3,(H,10,11). The van der Waals surface area contributed by atoms with Crippen molar-refractivity contribution in [3.63, 3.8) is 0 Å². The summed E-state index contributed by atoms with van der Waals surface area (Å²) in [6.07, 6.45) is 4.31. The predicted molar refractivity (Wildman–Crippen MR) is 49.0 cm³/mol. The van der Waals surface area contributed by atoms with Crippen molar-refractivity contribution in [2.24, 2.45) is 0 Å². The van der Waals surface area contributed by atoms with E-state index in [4.69, 9.17) is 4.74 Å². The topological polar surface area (TPSA) is 38.3 Å². The number of hydrogen-bond donors (Lipinski definition) is 1. The third-order valence-corrected chi connectivity index (χ3v) is 1.50. The number of ether oxygens (including phenoxy) is 1. The average Bonchev–Trinajstić information content (AvgIpc) is 2.02. The molecule has 0 aromatic heterocycles. The first-order valence-corrected chi connectivity index (χ1v) is 4.56. The lowest BCUT2D eigenvalue weighted by atomic mass is 10.2. The molecule has 3 heteroatoms. The second kappa shape index (κ2) is 8.53. The Morgan fingerprint density at radius 1 is 1.33 bits per heavy atom. The van der Waals surface area contributed by atoms with E-state index in [0.29, 0.717) is 6.10 Å². The summed E-state index contributed by atoms with van der Waals surface area (Å²) >= 11 is 0. The number of carbonyl (C=O) groups excluding carboxylic acids is 1. The SMILES string of the molecule is CC(C)OCCCCCNC=O. The van der Waals surface area contributed by atoms with Crippen molar-refractivity contribution in [3.05, 3.63) is 0 Å². The van der Waals surface area contributed by atoms with Crippen LogP contribution in [0, 0.1) is 0 Å². The van der Waals surface area contributed by atoms with Crippen LogP contribution in [0.15, 0.2) is 0 Å². The van der Waals surface area contributed by atoms with Crippen LogP contribution in [0.1, 0.15) is 33.1 Å². The molecular formula is C9H19NO2. The van der Waals surface area contributed by atoms with E-state index >= 15 is 0 Å². The molecule has 0 aromatic rings. The molecule has 0 unspecified atom stereocenters. The minimum Gasteiger partial charge on any atom is -0.379 e. The van der Waals surface area contributed by atoms with Gasteiger partial charge in [-0.05, 0) is 33.1 Å². The Balaban J connectivity index is 2.86. The lowest BCUT2D eigenvalue weighted by Gasteiger charge is -2.06. The van der Waals surface area contributed by atoms with Gasteiger partial charge in [-0.2, -0.15) is 0 Å². The molecule has 0 saturated heterocycles. The van der Waals surface area contributed by atoms with Crippen molar-refractivity contribution in [1.82, 2.24) is 5.32 Å². The van der Waals surface area contributed by atoms with Gasteiger partial charge in [0.15, 0.2) is 0 Å². The van der Waals surface area contributed by atoms with Crippen LogP contribution in [0.3, 0.4) is 0 Å². The summed E-state index contributed by atoms with van der Waals surface area (Å²) in [5.74, 6) is 0. The van der Waals surface area contributed by atoms with Gasteiger partial charge in [-0.3, -0.25) is 4.79 Å². The zero-order valence-corrected chi connectivity index (χ0v) is 8.01. The van der Waals surface area contributed by atoms with Gasteiger partial charge in [0.25, 0.3) is 0 Å². The largest absolute Gasteiger partial charge is 0.379 e. The Labute approximate surface area is 74.5 Å². The zero-order valence-electron chi connectivity index (χ0n) is 8.01. The molecule has 3 nitrogen and oxygen atoms in total. The lowest BCUT2D eigenvalue weighted by Crippen LogP contribution is -2.12. The monoisotopic (exact) mass is 173 g/mol. The molecule has 0 fully saturated rings. The molecule has 1 amide bonds. The van der Waals surface area contributed by atoms with Gasteiger partial charge in [-0.15, -0.1) is 0 Å². The second-order valence-corrected chi connectivity index (χ2v) is 3.05. The summed E-state index contributed by atoms with van der Waals surface area (Å²) in [6, 6.07) is 0. The Hall–Kier alpha value is -0.570. The molecule has 0 aromatic carbocycles. The first-order valence-electron chi connectivity index (χ1n) is 4.56. The molecule has 0 atom stereocenters. The molecule has 0 saturated carbocycles. The van der Waals surface area contributed by atoms with E-state index in [1.54, 1.807) is 0 Å². The van der Waals surface area contributed by atoms with Crippen molar-refractivity contribution >= 4 is 6.41 Å². The maximum absolute atomic E-state index is 9.85. The minimum atomic E-state index is 0.332. The minimum absolute atomic E-state index is 0.332. The Morgan fingerprint density at radius 3 is 2.67 bits per heavy atom. The van der Waals surface area contributed by atoms with Crippen LogP contribution < -0.4 is 5.32 Å². The summed E-state index contributed by atoms with van der Waals surface area (Å²) in [6.45, 7) is 5.69. The Bertz CT molecular complexity index is 105. The number of amides is 1. The first-order chi connectivity index (χ1) is 5.77. The molecule has 0 spiro atoms. The third kappa shape index (κ3) is 9.43. The molecule has 0 aliphatic heterocycles. The molecule has 12 heavy (non-hydrogen) atoms. The van der Waals surface area contributed by atoms with E-state index in [9.17, 15) is 4.79 Å². The van der Waals surface area contributed by atoms with Gasteiger partial charge >= 0.3 is 0 Å². The molecule has 0 rings (SSSR count). The quantitative estimate of drug-likeness (QED) is 0.444. The molecule has 0 aliphatic carbocycles. The molecule has 0 aliphatic rings. The van der Waals surface area contributed by atoms with E-state index in [1.807, 2.05) is 13.8 Å². The van der Waals surface area contributed by atoms with Crippen LogP contribution in [0.2, 0.25) is 0 Å². The predicted octanol–water partition coefficient (Wildman–Crippen LogP) is 1.33. The first kappa shape index (κ1) is 11.4. The lowest BCUT2D eigenvalue weighted by molar-refractivity contribution is -0.109. The van der Waals surface area contributed by atoms with Gasteiger partial charge in [0, 0.05) is 13.2 Å². The normalized spacial score (nSPS) is 10.2. The van der Waals surface area contributed by atoms with E-state index in [-0.39, 0.29) is 0 Å². The van der Waals surface area contributed by atoms with Gasteiger partial charge in [0.2, 0.25) is 6.41 Å². The van der Waals surface area contributed by atoms with Crippen LogP contribution in [0.5, 0.6) is 0 Å². The highest BCUT2D eigenvalue weighted by Crippen LogP contribution is 1.96. The Kier molecular flexibility index (Phi) is 8.12. The highest BCUT2D eigenvalue weighted by atomic mass is 16.5. The van der Waals surface area contributed by atoms with Crippen molar-refractivity contribution in [1.29, 1.82) is 0 Å². The molecule has 1 N–H and O–H groups in total. The summed E-state index contributed by atoms with van der Waals surface area (Å²) < 4.78 is 5.36. The Morgan fingerprint density at radius 2 is 2.08 bits per heavy atom.